The molecular weight excluding hydrogens is 230 g/mol. The Hall–Kier alpha value is -1.82. The van der Waals surface area contributed by atoms with Gasteiger partial charge in [0.05, 0.1) is 6.20 Å². The fraction of sp³-hybridized carbons (Fsp3) is 0.500. The molecule has 0 atom stereocenters. The van der Waals surface area contributed by atoms with Gasteiger partial charge in [0.1, 0.15) is 5.82 Å². The quantitative estimate of drug-likeness (QED) is 0.646. The fourth-order valence-electron chi connectivity index (χ4n) is 1.79. The Kier molecular flexibility index (Phi) is 4.35. The molecule has 2 heterocycles. The maximum atomic E-state index is 8.71. The van der Waals surface area contributed by atoms with E-state index < -0.39 is 0 Å². The minimum atomic E-state index is 0.262. The molecular formula is C12H19N5O. The summed E-state index contributed by atoms with van der Waals surface area (Å²) >= 11 is 0. The number of nitrogens with zero attached hydrogens (tertiary/aromatic N) is 3. The monoisotopic (exact) mass is 249 g/mol. The lowest BCUT2D eigenvalue weighted by atomic mass is 10.2. The normalized spacial score (nSPS) is 10.8. The maximum absolute atomic E-state index is 8.71. The second-order valence-electron chi connectivity index (χ2n) is 4.09. The van der Waals surface area contributed by atoms with Crippen molar-refractivity contribution in [3.05, 3.63) is 18.6 Å². The number of rotatable bonds is 7. The van der Waals surface area contributed by atoms with Crippen LogP contribution in [0.3, 0.4) is 0 Å². The van der Waals surface area contributed by atoms with Gasteiger partial charge in [-0.2, -0.15) is 0 Å². The van der Waals surface area contributed by atoms with Crippen LogP contribution in [-0.4, -0.2) is 39.7 Å². The summed E-state index contributed by atoms with van der Waals surface area (Å²) in [7, 11) is 1.84. The molecule has 2 rings (SSSR count). The van der Waals surface area contributed by atoms with Gasteiger partial charge >= 0.3 is 0 Å². The van der Waals surface area contributed by atoms with Crippen LogP contribution in [0.15, 0.2) is 18.6 Å². The molecule has 0 bridgehead atoms. The summed E-state index contributed by atoms with van der Waals surface area (Å²) < 4.78 is 1.94. The van der Waals surface area contributed by atoms with Crippen molar-refractivity contribution in [3.8, 4) is 0 Å². The van der Waals surface area contributed by atoms with Crippen LogP contribution < -0.4 is 10.6 Å². The Balaban J connectivity index is 2.04. The predicted octanol–water partition coefficient (Wildman–Crippen LogP) is 1.35. The Morgan fingerprint density at radius 3 is 3.00 bits per heavy atom. The minimum absolute atomic E-state index is 0.262. The zero-order valence-electron chi connectivity index (χ0n) is 10.6. The van der Waals surface area contributed by atoms with Crippen molar-refractivity contribution in [1.82, 2.24) is 14.4 Å². The summed E-state index contributed by atoms with van der Waals surface area (Å²) in [6.07, 6.45) is 8.44. The number of imidazole rings is 1. The summed E-state index contributed by atoms with van der Waals surface area (Å²) in [5, 5.41) is 15.0. The first-order chi connectivity index (χ1) is 8.85. The van der Waals surface area contributed by atoms with Crippen LogP contribution in [-0.2, 0) is 0 Å². The molecule has 0 aliphatic heterocycles. The maximum Gasteiger partial charge on any atom is 0.180 e. The average molecular weight is 249 g/mol. The van der Waals surface area contributed by atoms with E-state index in [1.807, 2.05) is 23.8 Å². The zero-order chi connectivity index (χ0) is 12.8. The summed E-state index contributed by atoms with van der Waals surface area (Å²) in [5.41, 5.74) is 0.830. The summed E-state index contributed by atoms with van der Waals surface area (Å²) in [6.45, 7) is 1.10. The van der Waals surface area contributed by atoms with Gasteiger partial charge in [-0.05, 0) is 19.3 Å². The van der Waals surface area contributed by atoms with Crippen LogP contribution >= 0.6 is 0 Å². The van der Waals surface area contributed by atoms with Crippen molar-refractivity contribution < 1.29 is 5.11 Å². The molecule has 0 aromatic carbocycles. The van der Waals surface area contributed by atoms with E-state index in [1.165, 1.54) is 0 Å². The molecule has 2 aromatic heterocycles. The number of aliphatic hydroxyl groups excluding tert-OH is 1. The van der Waals surface area contributed by atoms with E-state index in [0.29, 0.717) is 0 Å². The standard InChI is InChI=1S/C12H19N5O/c1-13-10-9-17-7-6-15-12(17)11(16-10)14-5-3-2-4-8-18/h6-7,9,13,18H,2-5,8H2,1H3,(H,14,16). The minimum Gasteiger partial charge on any atom is -0.396 e. The summed E-state index contributed by atoms with van der Waals surface area (Å²) in [4.78, 5) is 8.73. The Morgan fingerprint density at radius 2 is 2.22 bits per heavy atom. The number of hydrogen-bond acceptors (Lipinski definition) is 5. The second-order valence-corrected chi connectivity index (χ2v) is 4.09. The molecule has 3 N–H and O–H groups in total. The predicted molar refractivity (Wildman–Crippen MR) is 72.0 cm³/mol. The molecule has 0 saturated heterocycles. The van der Waals surface area contributed by atoms with Crippen molar-refractivity contribution in [1.29, 1.82) is 0 Å². The highest BCUT2D eigenvalue weighted by atomic mass is 16.2. The van der Waals surface area contributed by atoms with Gasteiger partial charge in [0.25, 0.3) is 0 Å². The first-order valence-electron chi connectivity index (χ1n) is 6.21. The number of hydrogen-bond donors (Lipinski definition) is 3. The van der Waals surface area contributed by atoms with E-state index in [0.717, 1.165) is 43.1 Å². The Bertz CT molecular complexity index is 496. The molecule has 0 amide bonds. The molecule has 0 fully saturated rings. The molecule has 6 nitrogen and oxygen atoms in total. The summed E-state index contributed by atoms with van der Waals surface area (Å²) in [6, 6.07) is 0. The highest BCUT2D eigenvalue weighted by Crippen LogP contribution is 2.16. The van der Waals surface area contributed by atoms with E-state index in [-0.39, 0.29) is 6.61 Å². The van der Waals surface area contributed by atoms with E-state index >= 15 is 0 Å². The van der Waals surface area contributed by atoms with Gasteiger partial charge in [-0.1, -0.05) is 0 Å². The SMILES string of the molecule is CNc1cn2ccnc2c(NCCCCCO)n1. The molecule has 2 aromatic rings. The molecule has 0 radical (unpaired) electrons. The highest BCUT2D eigenvalue weighted by Gasteiger charge is 2.05. The van der Waals surface area contributed by atoms with E-state index in [9.17, 15) is 0 Å². The topological polar surface area (TPSA) is 74.5 Å². The summed E-state index contributed by atoms with van der Waals surface area (Å²) in [5.74, 6) is 1.59. The Labute approximate surface area is 106 Å². The number of aliphatic hydroxyl groups is 1. The van der Waals surface area contributed by atoms with Crippen LogP contribution in [0.1, 0.15) is 19.3 Å². The molecule has 6 heteroatoms. The largest absolute Gasteiger partial charge is 0.396 e. The van der Waals surface area contributed by atoms with Crippen molar-refractivity contribution in [2.45, 2.75) is 19.3 Å². The lowest BCUT2D eigenvalue weighted by molar-refractivity contribution is 0.283. The first-order valence-corrected chi connectivity index (χ1v) is 6.21. The average Bonchev–Trinajstić information content (AvgIpc) is 2.86. The van der Waals surface area contributed by atoms with Gasteiger partial charge in [0.2, 0.25) is 0 Å². The smallest absolute Gasteiger partial charge is 0.180 e. The number of aromatic nitrogens is 3. The number of nitrogens with one attached hydrogen (secondary N) is 2. The van der Waals surface area contributed by atoms with Crippen molar-refractivity contribution in [2.24, 2.45) is 0 Å². The molecule has 0 saturated carbocycles. The van der Waals surface area contributed by atoms with Crippen LogP contribution in [0.25, 0.3) is 5.65 Å². The van der Waals surface area contributed by atoms with Gasteiger partial charge in [-0.3, -0.25) is 0 Å². The van der Waals surface area contributed by atoms with Crippen LogP contribution in [0.4, 0.5) is 11.6 Å². The lowest BCUT2D eigenvalue weighted by Crippen LogP contribution is -2.07. The van der Waals surface area contributed by atoms with Crippen molar-refractivity contribution in [3.63, 3.8) is 0 Å². The van der Waals surface area contributed by atoms with Gasteiger partial charge < -0.3 is 20.1 Å². The molecule has 0 aliphatic carbocycles. The third kappa shape index (κ3) is 2.89. The van der Waals surface area contributed by atoms with E-state index in [1.54, 1.807) is 6.20 Å². The van der Waals surface area contributed by atoms with Gasteiger partial charge in [-0.25, -0.2) is 9.97 Å². The molecule has 0 spiro atoms. The van der Waals surface area contributed by atoms with Crippen LogP contribution in [0, 0.1) is 0 Å². The number of anilines is 2. The van der Waals surface area contributed by atoms with Gasteiger partial charge in [-0.15, -0.1) is 0 Å². The van der Waals surface area contributed by atoms with E-state index in [4.69, 9.17) is 5.11 Å². The fourth-order valence-corrected chi connectivity index (χ4v) is 1.79. The third-order valence-corrected chi connectivity index (χ3v) is 2.76. The lowest BCUT2D eigenvalue weighted by Gasteiger charge is -2.09. The third-order valence-electron chi connectivity index (χ3n) is 2.76. The van der Waals surface area contributed by atoms with Gasteiger partial charge in [0.15, 0.2) is 11.5 Å². The van der Waals surface area contributed by atoms with E-state index in [2.05, 4.69) is 20.6 Å². The van der Waals surface area contributed by atoms with Crippen LogP contribution in [0.2, 0.25) is 0 Å². The highest BCUT2D eigenvalue weighted by molar-refractivity contribution is 5.65. The second kappa shape index (κ2) is 6.20. The molecule has 0 unspecified atom stereocenters. The first kappa shape index (κ1) is 12.6. The Morgan fingerprint density at radius 1 is 1.33 bits per heavy atom. The molecule has 0 aliphatic rings. The molecule has 18 heavy (non-hydrogen) atoms. The van der Waals surface area contributed by atoms with Gasteiger partial charge in [0, 0.05) is 32.6 Å². The number of fused-ring (bicyclic) bond motifs is 1. The van der Waals surface area contributed by atoms with Crippen molar-refractivity contribution in [2.75, 3.05) is 30.8 Å². The zero-order valence-corrected chi connectivity index (χ0v) is 10.6. The number of unbranched alkanes of at least 4 members (excludes halogenated alkanes) is 2. The van der Waals surface area contributed by atoms with Crippen molar-refractivity contribution >= 4 is 17.3 Å². The molecule has 98 valence electrons. The van der Waals surface area contributed by atoms with Crippen LogP contribution in [0.5, 0.6) is 0 Å².